The van der Waals surface area contributed by atoms with Crippen molar-refractivity contribution in [1.82, 2.24) is 9.88 Å². The van der Waals surface area contributed by atoms with E-state index in [4.69, 9.17) is 5.73 Å². The first-order chi connectivity index (χ1) is 10.2. The Morgan fingerprint density at radius 3 is 2.57 bits per heavy atom. The van der Waals surface area contributed by atoms with Crippen LogP contribution in [0.2, 0.25) is 0 Å². The van der Waals surface area contributed by atoms with Crippen molar-refractivity contribution in [2.75, 3.05) is 6.54 Å². The van der Waals surface area contributed by atoms with Crippen LogP contribution in [-0.4, -0.2) is 22.5 Å². The van der Waals surface area contributed by atoms with E-state index in [1.54, 1.807) is 11.3 Å². The molecule has 21 heavy (non-hydrogen) atoms. The fourth-order valence-electron chi connectivity index (χ4n) is 2.50. The van der Waals surface area contributed by atoms with Crippen molar-refractivity contribution in [3.63, 3.8) is 0 Å². The molecule has 2 aromatic rings. The molecule has 5 heteroatoms. The van der Waals surface area contributed by atoms with E-state index < -0.39 is 0 Å². The highest BCUT2D eigenvalue weighted by Crippen LogP contribution is 2.33. The number of nitrogens with two attached hydrogens (primary N) is 1. The van der Waals surface area contributed by atoms with Gasteiger partial charge < -0.3 is 5.73 Å². The van der Waals surface area contributed by atoms with Crippen molar-refractivity contribution in [3.8, 4) is 0 Å². The molecule has 0 aliphatic carbocycles. The molecule has 0 aliphatic heterocycles. The Labute approximate surface area is 139 Å². The van der Waals surface area contributed by atoms with Crippen LogP contribution in [-0.2, 0) is 6.54 Å². The number of hydrogen-bond donors (Lipinski definition) is 1. The summed E-state index contributed by atoms with van der Waals surface area (Å²) in [5.74, 6) is 0. The molecule has 0 saturated carbocycles. The topological polar surface area (TPSA) is 42.1 Å². The Bertz CT molecular complexity index is 543. The first-order valence-electron chi connectivity index (χ1n) is 7.28. The van der Waals surface area contributed by atoms with Crippen LogP contribution in [0.25, 0.3) is 0 Å². The van der Waals surface area contributed by atoms with Crippen LogP contribution in [0.5, 0.6) is 0 Å². The fourth-order valence-corrected chi connectivity index (χ4v) is 4.15. The summed E-state index contributed by atoms with van der Waals surface area (Å²) in [7, 11) is 0. The molecule has 114 valence electrons. The summed E-state index contributed by atoms with van der Waals surface area (Å²) >= 11 is 5.33. The van der Waals surface area contributed by atoms with E-state index in [1.165, 1.54) is 10.4 Å². The van der Waals surface area contributed by atoms with Crippen molar-refractivity contribution in [2.24, 2.45) is 5.73 Å². The summed E-state index contributed by atoms with van der Waals surface area (Å²) < 4.78 is 1.13. The molecule has 0 amide bonds. The van der Waals surface area contributed by atoms with Gasteiger partial charge in [0.15, 0.2) is 0 Å². The number of thiophene rings is 1. The number of halogens is 1. The van der Waals surface area contributed by atoms with Gasteiger partial charge in [-0.15, -0.1) is 11.3 Å². The summed E-state index contributed by atoms with van der Waals surface area (Å²) in [5, 5.41) is 2.13. The molecule has 3 nitrogen and oxygen atoms in total. The number of pyridine rings is 1. The van der Waals surface area contributed by atoms with E-state index >= 15 is 0 Å². The van der Waals surface area contributed by atoms with Gasteiger partial charge in [-0.2, -0.15) is 0 Å². The van der Waals surface area contributed by atoms with E-state index in [-0.39, 0.29) is 12.1 Å². The Morgan fingerprint density at radius 1 is 1.33 bits per heavy atom. The van der Waals surface area contributed by atoms with E-state index in [2.05, 4.69) is 63.2 Å². The highest BCUT2D eigenvalue weighted by Gasteiger charge is 2.26. The number of rotatable bonds is 7. The van der Waals surface area contributed by atoms with Gasteiger partial charge in [0.2, 0.25) is 0 Å². The van der Waals surface area contributed by atoms with E-state index in [9.17, 15) is 0 Å². The van der Waals surface area contributed by atoms with Gasteiger partial charge in [0, 0.05) is 39.7 Å². The van der Waals surface area contributed by atoms with Gasteiger partial charge >= 0.3 is 0 Å². The Morgan fingerprint density at radius 2 is 2.05 bits per heavy atom. The summed E-state index contributed by atoms with van der Waals surface area (Å²) in [6, 6.07) is 6.73. The van der Waals surface area contributed by atoms with E-state index in [0.717, 1.165) is 24.0 Å². The van der Waals surface area contributed by atoms with E-state index in [0.29, 0.717) is 0 Å². The average molecular weight is 368 g/mol. The molecule has 0 fully saturated rings. The molecule has 0 aliphatic rings. The van der Waals surface area contributed by atoms with Crippen molar-refractivity contribution in [1.29, 1.82) is 0 Å². The van der Waals surface area contributed by atoms with Crippen molar-refractivity contribution in [3.05, 3.63) is 50.9 Å². The maximum Gasteiger partial charge on any atom is 0.0596 e. The van der Waals surface area contributed by atoms with Gasteiger partial charge in [0.05, 0.1) is 6.04 Å². The maximum atomic E-state index is 6.43. The molecule has 2 N–H and O–H groups in total. The minimum Gasteiger partial charge on any atom is -0.326 e. The number of nitrogens with zero attached hydrogens (tertiary/aromatic N) is 2. The smallest absolute Gasteiger partial charge is 0.0596 e. The summed E-state index contributed by atoms with van der Waals surface area (Å²) in [5.41, 5.74) is 7.70. The van der Waals surface area contributed by atoms with Gasteiger partial charge in [-0.25, -0.2) is 0 Å². The summed E-state index contributed by atoms with van der Waals surface area (Å²) in [4.78, 5) is 7.86. The molecule has 0 bridgehead atoms. The standard InChI is InChI=1S/C16H22BrN3S/c1-3-14(18)16(15-9-13(17)11-21-15)20(4-2)10-12-5-7-19-8-6-12/h5-9,11,14,16H,3-4,10,18H2,1-2H3. The van der Waals surface area contributed by atoms with Gasteiger partial charge in [-0.1, -0.05) is 13.8 Å². The molecule has 0 saturated heterocycles. The SMILES string of the molecule is CCC(N)C(c1cc(Br)cs1)N(CC)Cc1ccncc1. The molecule has 0 spiro atoms. The highest BCUT2D eigenvalue weighted by atomic mass is 79.9. The largest absolute Gasteiger partial charge is 0.326 e. The number of aromatic nitrogens is 1. The zero-order valence-electron chi connectivity index (χ0n) is 12.5. The molecule has 0 aromatic carbocycles. The zero-order valence-corrected chi connectivity index (χ0v) is 14.9. The number of hydrogen-bond acceptors (Lipinski definition) is 4. The third-order valence-corrected chi connectivity index (χ3v) is 5.45. The Kier molecular flexibility index (Phi) is 6.36. The monoisotopic (exact) mass is 367 g/mol. The van der Waals surface area contributed by atoms with Crippen LogP contribution in [0.4, 0.5) is 0 Å². The van der Waals surface area contributed by atoms with Crippen molar-refractivity contribution in [2.45, 2.75) is 38.9 Å². The van der Waals surface area contributed by atoms with Crippen LogP contribution in [0.1, 0.15) is 36.8 Å². The van der Waals surface area contributed by atoms with Crippen LogP contribution in [0, 0.1) is 0 Å². The van der Waals surface area contributed by atoms with E-state index in [1.807, 2.05) is 12.4 Å². The van der Waals surface area contributed by atoms with Crippen molar-refractivity contribution < 1.29 is 0 Å². The molecule has 0 radical (unpaired) electrons. The third kappa shape index (κ3) is 4.36. The van der Waals surface area contributed by atoms with Gasteiger partial charge in [0.1, 0.15) is 0 Å². The molecule has 2 rings (SSSR count). The predicted molar refractivity (Wildman–Crippen MR) is 93.3 cm³/mol. The lowest BCUT2D eigenvalue weighted by Gasteiger charge is -2.34. The summed E-state index contributed by atoms with van der Waals surface area (Å²) in [6.07, 6.45) is 4.66. The second-order valence-electron chi connectivity index (χ2n) is 5.10. The first-order valence-corrected chi connectivity index (χ1v) is 8.95. The van der Waals surface area contributed by atoms with Gasteiger partial charge in [-0.3, -0.25) is 9.88 Å². The summed E-state index contributed by atoms with van der Waals surface area (Å²) in [6.45, 7) is 6.21. The lowest BCUT2D eigenvalue weighted by molar-refractivity contribution is 0.172. The lowest BCUT2D eigenvalue weighted by atomic mass is 10.0. The van der Waals surface area contributed by atoms with Crippen LogP contribution < -0.4 is 5.73 Å². The van der Waals surface area contributed by atoms with Crippen LogP contribution >= 0.6 is 27.3 Å². The molecule has 2 aromatic heterocycles. The maximum absolute atomic E-state index is 6.43. The Balaban J connectivity index is 2.25. The zero-order chi connectivity index (χ0) is 15.2. The molecule has 2 unspecified atom stereocenters. The van der Waals surface area contributed by atoms with Gasteiger partial charge in [-0.05, 0) is 52.7 Å². The second kappa shape index (κ2) is 8.03. The second-order valence-corrected chi connectivity index (χ2v) is 6.96. The lowest BCUT2D eigenvalue weighted by Crippen LogP contribution is -2.40. The molecular formula is C16H22BrN3S. The predicted octanol–water partition coefficient (Wildman–Crippen LogP) is 4.21. The third-order valence-electron chi connectivity index (χ3n) is 3.69. The highest BCUT2D eigenvalue weighted by molar-refractivity contribution is 9.10. The molecular weight excluding hydrogens is 346 g/mol. The first kappa shape index (κ1) is 16.6. The fraction of sp³-hybridized carbons (Fsp3) is 0.438. The molecule has 2 heterocycles. The molecule has 2 atom stereocenters. The normalized spacial score (nSPS) is 14.3. The Hall–Kier alpha value is -0.750. The average Bonchev–Trinajstić information content (AvgIpc) is 2.93. The number of likely N-dealkylation sites (N-methyl/N-ethyl adjacent to an activating group) is 1. The minimum atomic E-state index is 0.136. The quantitative estimate of drug-likeness (QED) is 0.796. The minimum absolute atomic E-state index is 0.136. The van der Waals surface area contributed by atoms with Crippen LogP contribution in [0.3, 0.4) is 0 Å². The van der Waals surface area contributed by atoms with Crippen molar-refractivity contribution >= 4 is 27.3 Å². The van der Waals surface area contributed by atoms with Crippen LogP contribution in [0.15, 0.2) is 40.4 Å². The van der Waals surface area contributed by atoms with Gasteiger partial charge in [0.25, 0.3) is 0 Å².